The van der Waals surface area contributed by atoms with E-state index in [-0.39, 0.29) is 21.7 Å². The van der Waals surface area contributed by atoms with Crippen molar-refractivity contribution >= 4 is 51.2 Å². The highest BCUT2D eigenvalue weighted by molar-refractivity contribution is 5.96. The average molecular weight is 1920 g/mol. The topological polar surface area (TPSA) is 9.72 Å². The van der Waals surface area contributed by atoms with Crippen LogP contribution in [0.3, 0.4) is 0 Å². The summed E-state index contributed by atoms with van der Waals surface area (Å²) in [4.78, 5) is 7.04. The molecule has 0 radical (unpaired) electrons. The number of anilines is 9. The number of rotatable bonds is 19. The molecule has 3 aliphatic rings. The van der Waals surface area contributed by atoms with Crippen LogP contribution in [-0.2, 0) is 32.5 Å². The summed E-state index contributed by atoms with van der Waals surface area (Å²) in [7, 11) is 0. The van der Waals surface area contributed by atoms with Gasteiger partial charge < -0.3 is 14.7 Å². The second-order valence-corrected chi connectivity index (χ2v) is 41.7. The van der Waals surface area contributed by atoms with Crippen molar-refractivity contribution in [1.82, 2.24) is 0 Å². The van der Waals surface area contributed by atoms with Crippen LogP contribution in [0.4, 0.5) is 51.2 Å². The Morgan fingerprint density at radius 1 is 0.128 bits per heavy atom. The van der Waals surface area contributed by atoms with Crippen LogP contribution < -0.4 is 14.7 Å². The summed E-state index contributed by atoms with van der Waals surface area (Å²) in [5.74, 6) is 0. The molecule has 149 heavy (non-hydrogen) atoms. The number of nitrogens with zero attached hydrogens (tertiary/aromatic N) is 3. The van der Waals surface area contributed by atoms with Crippen LogP contribution in [0.15, 0.2) is 576 Å². The van der Waals surface area contributed by atoms with Crippen molar-refractivity contribution < 1.29 is 0 Å². The summed E-state index contributed by atoms with van der Waals surface area (Å²) >= 11 is 0. The van der Waals surface area contributed by atoms with E-state index >= 15 is 0 Å². The molecule has 0 unspecified atom stereocenters. The van der Waals surface area contributed by atoms with E-state index in [1.165, 1.54) is 150 Å². The van der Waals surface area contributed by atoms with E-state index in [1.54, 1.807) is 0 Å². The predicted octanol–water partition coefficient (Wildman–Crippen LogP) is 39.3. The van der Waals surface area contributed by atoms with E-state index in [4.69, 9.17) is 0 Å². The Labute approximate surface area is 879 Å². The van der Waals surface area contributed by atoms with Gasteiger partial charge in [-0.25, -0.2) is 0 Å². The molecule has 0 N–H and O–H groups in total. The van der Waals surface area contributed by atoms with Gasteiger partial charge in [0.15, 0.2) is 0 Å². The molecule has 3 aliphatic carbocycles. The van der Waals surface area contributed by atoms with Gasteiger partial charge in [-0.3, -0.25) is 0 Å². The zero-order valence-corrected chi connectivity index (χ0v) is 85.7. The van der Waals surface area contributed by atoms with Crippen molar-refractivity contribution in [1.29, 1.82) is 0 Å². The molecule has 0 aromatic heterocycles. The molecule has 0 atom stereocenters. The van der Waals surface area contributed by atoms with Crippen molar-refractivity contribution in [2.45, 2.75) is 87.9 Å². The average Bonchev–Trinajstić information content (AvgIpc) is 0.658. The first kappa shape index (κ1) is 94.8. The fourth-order valence-electron chi connectivity index (χ4n) is 24.3. The zero-order chi connectivity index (χ0) is 101. The van der Waals surface area contributed by atoms with Crippen LogP contribution >= 0.6 is 0 Å². The van der Waals surface area contributed by atoms with Crippen LogP contribution in [0, 0.1) is 0 Å². The molecule has 3 heteroatoms. The molecule has 0 fully saturated rings. The minimum absolute atomic E-state index is 0.0575. The van der Waals surface area contributed by atoms with Gasteiger partial charge in [-0.15, -0.1) is 0 Å². The van der Waals surface area contributed by atoms with Crippen LogP contribution in [0.5, 0.6) is 0 Å². The number of fused-ring (bicyclic) bond motifs is 9. The van der Waals surface area contributed by atoms with Crippen LogP contribution in [0.2, 0.25) is 0 Å². The second-order valence-electron chi connectivity index (χ2n) is 41.7. The van der Waals surface area contributed by atoms with Gasteiger partial charge in [0.1, 0.15) is 0 Å². The Kier molecular flexibility index (Phi) is 25.4. The predicted molar refractivity (Wildman–Crippen MR) is 630 cm³/mol. The van der Waals surface area contributed by atoms with E-state index in [1.807, 2.05) is 0 Å². The standard InChI is InChI=1S/C56H41N.C48H41N.C42H37N/c1-7-23-44(24-8-1)55(45-25-9-2-10-26-45)53-37-20-19-36-51(53)52-41-43(38-39-54(52)56(55,46-27-11-3-12-28-46)47-29-13-4-14-30-47)42-22-21-35-50(40-42)57(48-31-15-5-16-32-48)49-33-17-6-18-34-49;1-47(2)45-29-28-36(33-44(45)43-27-17-26-42(46(43)48(47,3)4)35-20-11-6-12-21-35)38-30-37(34-18-9-5-10-19-34)31-41(32-38)49(39-22-13-7-14-23-39)40-24-15-8-16-25-40;1-41(2)38-25-15-24-36(40(38)37-27-26-31(29-39(37)42(41,3)4)30-16-8-5-9-17-30)32-18-14-23-35(28-32)43(33-19-10-6-11-20-33)34-21-12-7-13-22-34/h1-41H;5-33H,1-4H3;5-29H,1-4H3. The van der Waals surface area contributed by atoms with Crippen molar-refractivity contribution in [2.24, 2.45) is 0 Å². The molecular formula is C146H119N3. The maximum absolute atomic E-state index is 2.45. The molecule has 0 saturated heterocycles. The van der Waals surface area contributed by atoms with Gasteiger partial charge in [0, 0.05) is 56.6 Å². The van der Waals surface area contributed by atoms with Gasteiger partial charge in [-0.2, -0.15) is 0 Å². The lowest BCUT2D eigenvalue weighted by atomic mass is 9.43. The minimum Gasteiger partial charge on any atom is -0.310 e. The maximum atomic E-state index is 2.45. The number of benzene rings is 22. The van der Waals surface area contributed by atoms with E-state index in [0.29, 0.717) is 0 Å². The van der Waals surface area contributed by atoms with Crippen LogP contribution in [-0.4, -0.2) is 0 Å². The molecule has 3 nitrogen and oxygen atoms in total. The number of hydrogen-bond acceptors (Lipinski definition) is 3. The summed E-state index contributed by atoms with van der Waals surface area (Å²) in [6.45, 7) is 19.3. The molecular weight excluding hydrogens is 1800 g/mol. The fourth-order valence-corrected chi connectivity index (χ4v) is 24.3. The highest BCUT2D eigenvalue weighted by Gasteiger charge is 2.61. The van der Waals surface area contributed by atoms with Crippen molar-refractivity contribution in [3.05, 3.63) is 632 Å². The molecule has 718 valence electrons. The fraction of sp³-hybridized carbons (Fsp3) is 0.0959. The second kappa shape index (κ2) is 40.0. The lowest BCUT2D eigenvalue weighted by Gasteiger charge is -2.57. The summed E-state index contributed by atoms with van der Waals surface area (Å²) < 4.78 is 0. The molecule has 0 heterocycles. The lowest BCUT2D eigenvalue weighted by molar-refractivity contribution is 0.299. The summed E-state index contributed by atoms with van der Waals surface area (Å²) in [5, 5.41) is 0. The largest absolute Gasteiger partial charge is 0.310 e. The SMILES string of the molecule is CC1(C)c2cc(-c3ccccc3)ccc2-c2c(-c3cccc(N(c4ccccc4)c4ccccc4)c3)cccc2C1(C)C.CC1(C)c2ccc(-c3cc(-c4ccccc4)cc(N(c4ccccc4)c4ccccc4)c3)cc2-c2cccc(-c3ccccc3)c2C1(C)C.c1ccc(N(c2ccccc2)c2cccc(-c3ccc4c(c3)-c3ccccc3C(c3ccccc3)(c3ccccc3)C4(c3ccccc3)c3ccccc3)c2)cc1. The van der Waals surface area contributed by atoms with Gasteiger partial charge in [0.25, 0.3) is 0 Å². The van der Waals surface area contributed by atoms with Gasteiger partial charge in [0.05, 0.1) is 10.8 Å². The zero-order valence-electron chi connectivity index (χ0n) is 85.7. The van der Waals surface area contributed by atoms with E-state index in [0.717, 1.165) is 56.7 Å². The maximum Gasteiger partial charge on any atom is 0.0635 e. The third-order valence-electron chi connectivity index (χ3n) is 32.7. The Balaban J connectivity index is 0.000000124. The monoisotopic (exact) mass is 1910 g/mol. The lowest BCUT2D eigenvalue weighted by Crippen LogP contribution is -2.54. The third-order valence-corrected chi connectivity index (χ3v) is 32.7. The molecule has 0 spiro atoms. The number of para-hydroxylation sites is 6. The van der Waals surface area contributed by atoms with Crippen molar-refractivity contribution in [3.63, 3.8) is 0 Å². The summed E-state index contributed by atoms with van der Waals surface area (Å²) in [5.41, 5.74) is 44.3. The highest BCUT2D eigenvalue weighted by atomic mass is 15.2. The quantitative estimate of drug-likeness (QED) is 0.0799. The first-order chi connectivity index (χ1) is 73.0. The molecule has 0 amide bonds. The minimum atomic E-state index is -0.667. The van der Waals surface area contributed by atoms with E-state index in [9.17, 15) is 0 Å². The first-order valence-electron chi connectivity index (χ1n) is 52.3. The molecule has 0 bridgehead atoms. The first-order valence-corrected chi connectivity index (χ1v) is 52.3. The summed E-state index contributed by atoms with van der Waals surface area (Å²) in [6, 6.07) is 210. The molecule has 0 aliphatic heterocycles. The summed E-state index contributed by atoms with van der Waals surface area (Å²) in [6.07, 6.45) is 0. The van der Waals surface area contributed by atoms with E-state index in [2.05, 4.69) is 646 Å². The van der Waals surface area contributed by atoms with Crippen LogP contribution in [0.1, 0.15) is 111 Å². The molecule has 0 saturated carbocycles. The van der Waals surface area contributed by atoms with Crippen LogP contribution in [0.25, 0.3) is 100 Å². The Morgan fingerprint density at radius 3 is 0.852 bits per heavy atom. The Bertz CT molecular complexity index is 8290. The Morgan fingerprint density at radius 2 is 0.396 bits per heavy atom. The third kappa shape index (κ3) is 17.0. The molecule has 22 aromatic carbocycles. The van der Waals surface area contributed by atoms with E-state index < -0.39 is 10.8 Å². The normalized spacial score (nSPS) is 14.0. The van der Waals surface area contributed by atoms with Gasteiger partial charge in [-0.1, -0.05) is 498 Å². The smallest absolute Gasteiger partial charge is 0.0635 e. The van der Waals surface area contributed by atoms with Crippen molar-refractivity contribution in [2.75, 3.05) is 14.7 Å². The van der Waals surface area contributed by atoms with Gasteiger partial charge >= 0.3 is 0 Å². The molecule has 25 rings (SSSR count). The van der Waals surface area contributed by atoms with Gasteiger partial charge in [0.2, 0.25) is 0 Å². The highest BCUT2D eigenvalue weighted by Crippen LogP contribution is 2.67. The van der Waals surface area contributed by atoms with Gasteiger partial charge in [-0.05, 0) is 305 Å². The number of hydrogen-bond donors (Lipinski definition) is 0. The van der Waals surface area contributed by atoms with Crippen molar-refractivity contribution in [3.8, 4) is 100 Å². The Hall–Kier alpha value is -17.8. The molecule has 22 aromatic rings.